The lowest BCUT2D eigenvalue weighted by atomic mass is 10.2. The molecular weight excluding hydrogens is 342 g/mol. The number of alkyl halides is 1. The van der Waals surface area contributed by atoms with Crippen LogP contribution >= 0.6 is 27.5 Å². The molecule has 0 aliphatic rings. The average Bonchev–Trinajstić information content (AvgIpc) is 2.46. The second-order valence-corrected chi connectivity index (χ2v) is 5.27. The fraction of sp³-hybridized carbons (Fsp3) is 0.267. The number of aromatic nitrogens is 1. The van der Waals surface area contributed by atoms with Gasteiger partial charge in [-0.15, -0.1) is 0 Å². The predicted octanol–water partition coefficient (Wildman–Crippen LogP) is 4.53. The Bertz CT molecular complexity index is 604. The van der Waals surface area contributed by atoms with Gasteiger partial charge in [0.25, 0.3) is 0 Å². The minimum Gasteiger partial charge on any atom is -0.496 e. The minimum atomic E-state index is 0.383. The number of pyridine rings is 1. The van der Waals surface area contributed by atoms with Gasteiger partial charge in [0.2, 0.25) is 0 Å². The Labute approximate surface area is 132 Å². The predicted molar refractivity (Wildman–Crippen MR) is 83.9 cm³/mol. The Balaban J connectivity index is 2.18. The summed E-state index contributed by atoms with van der Waals surface area (Å²) in [5.74, 6) is 1.52. The molecule has 0 N–H and O–H groups in total. The summed E-state index contributed by atoms with van der Waals surface area (Å²) in [5, 5.41) is 1.31. The maximum Gasteiger partial charge on any atom is 0.142 e. The summed E-state index contributed by atoms with van der Waals surface area (Å²) in [4.78, 5) is 4.43. The molecule has 0 saturated carbocycles. The zero-order valence-corrected chi connectivity index (χ0v) is 13.7. The fourth-order valence-electron chi connectivity index (χ4n) is 1.84. The maximum atomic E-state index is 6.00. The quantitative estimate of drug-likeness (QED) is 0.738. The first-order valence-corrected chi connectivity index (χ1v) is 7.61. The summed E-state index contributed by atoms with van der Waals surface area (Å²) in [6.45, 7) is 2.34. The molecule has 0 fully saturated rings. The molecule has 0 radical (unpaired) electrons. The van der Waals surface area contributed by atoms with E-state index in [1.807, 2.05) is 31.2 Å². The van der Waals surface area contributed by atoms with E-state index < -0.39 is 0 Å². The second kappa shape index (κ2) is 6.95. The van der Waals surface area contributed by atoms with Gasteiger partial charge in [-0.25, -0.2) is 0 Å². The van der Waals surface area contributed by atoms with Crippen molar-refractivity contribution < 1.29 is 9.47 Å². The topological polar surface area (TPSA) is 31.4 Å². The molecule has 0 atom stereocenters. The van der Waals surface area contributed by atoms with E-state index in [1.165, 1.54) is 0 Å². The average molecular weight is 357 g/mol. The van der Waals surface area contributed by atoms with Crippen LogP contribution in [0.1, 0.15) is 17.0 Å². The molecule has 0 bridgehead atoms. The van der Waals surface area contributed by atoms with Gasteiger partial charge in [0.1, 0.15) is 18.1 Å². The third kappa shape index (κ3) is 3.64. The molecule has 1 aromatic heterocycles. The summed E-state index contributed by atoms with van der Waals surface area (Å²) in [6, 6.07) is 9.32. The molecule has 20 heavy (non-hydrogen) atoms. The number of halogens is 2. The van der Waals surface area contributed by atoms with E-state index in [4.69, 9.17) is 21.1 Å². The van der Waals surface area contributed by atoms with E-state index in [0.717, 1.165) is 28.5 Å². The van der Waals surface area contributed by atoms with Crippen LogP contribution in [0.4, 0.5) is 0 Å². The van der Waals surface area contributed by atoms with E-state index in [0.29, 0.717) is 17.0 Å². The summed E-state index contributed by atoms with van der Waals surface area (Å²) in [5.41, 5.74) is 2.75. The Morgan fingerprint density at radius 1 is 1.20 bits per heavy atom. The highest BCUT2D eigenvalue weighted by Crippen LogP contribution is 2.26. The third-order valence-corrected chi connectivity index (χ3v) is 3.59. The van der Waals surface area contributed by atoms with Crippen LogP contribution < -0.4 is 9.47 Å². The number of ether oxygens (including phenoxy) is 2. The van der Waals surface area contributed by atoms with Gasteiger partial charge in [-0.1, -0.05) is 27.5 Å². The first-order chi connectivity index (χ1) is 9.63. The molecule has 2 rings (SSSR count). The Hall–Kier alpha value is -1.26. The van der Waals surface area contributed by atoms with Gasteiger partial charge in [-0.3, -0.25) is 4.98 Å². The van der Waals surface area contributed by atoms with Gasteiger partial charge in [0.05, 0.1) is 12.8 Å². The molecule has 3 nitrogen and oxygen atoms in total. The van der Waals surface area contributed by atoms with Gasteiger partial charge in [-0.2, -0.15) is 0 Å². The zero-order valence-electron chi connectivity index (χ0n) is 11.3. The maximum absolute atomic E-state index is 6.00. The first-order valence-electron chi connectivity index (χ1n) is 6.11. The highest BCUT2D eigenvalue weighted by molar-refractivity contribution is 9.08. The van der Waals surface area contributed by atoms with Gasteiger partial charge in [-0.05, 0) is 37.3 Å². The smallest absolute Gasteiger partial charge is 0.142 e. The van der Waals surface area contributed by atoms with Crippen LogP contribution in [-0.2, 0) is 11.9 Å². The summed E-state index contributed by atoms with van der Waals surface area (Å²) in [7, 11) is 1.63. The minimum absolute atomic E-state index is 0.383. The number of methoxy groups -OCH3 is 1. The number of hydrogen-bond donors (Lipinski definition) is 0. The lowest BCUT2D eigenvalue weighted by molar-refractivity contribution is 0.293. The molecule has 5 heteroatoms. The molecule has 106 valence electrons. The van der Waals surface area contributed by atoms with Crippen LogP contribution in [0.25, 0.3) is 0 Å². The largest absolute Gasteiger partial charge is 0.496 e. The normalized spacial score (nSPS) is 10.4. The highest BCUT2D eigenvalue weighted by Gasteiger charge is 2.08. The molecule has 0 amide bonds. The van der Waals surface area contributed by atoms with Gasteiger partial charge < -0.3 is 9.47 Å². The van der Waals surface area contributed by atoms with Crippen molar-refractivity contribution in [1.29, 1.82) is 0 Å². The molecule has 0 saturated heterocycles. The second-order valence-electron chi connectivity index (χ2n) is 4.28. The SMILES string of the molecule is COc1ccc(Cl)cc1COc1ccc(C)nc1CBr. The number of hydrogen-bond acceptors (Lipinski definition) is 3. The van der Waals surface area contributed by atoms with Crippen molar-refractivity contribution in [3.63, 3.8) is 0 Å². The molecular formula is C15H15BrClNO2. The third-order valence-electron chi connectivity index (χ3n) is 2.82. The van der Waals surface area contributed by atoms with Gasteiger partial charge in [0.15, 0.2) is 0 Å². The lowest BCUT2D eigenvalue weighted by Gasteiger charge is -2.12. The van der Waals surface area contributed by atoms with Crippen molar-refractivity contribution in [2.24, 2.45) is 0 Å². The summed E-state index contributed by atoms with van der Waals surface area (Å²) >= 11 is 9.42. The van der Waals surface area contributed by atoms with Crippen molar-refractivity contribution in [1.82, 2.24) is 4.98 Å². The Morgan fingerprint density at radius 2 is 1.95 bits per heavy atom. The fourth-order valence-corrected chi connectivity index (χ4v) is 2.44. The standard InChI is InChI=1S/C15H15BrClNO2/c1-10-3-5-15(13(8-16)18-10)20-9-11-7-12(17)4-6-14(11)19-2/h3-7H,8-9H2,1-2H3. The van der Waals surface area contributed by atoms with Crippen molar-refractivity contribution in [2.75, 3.05) is 7.11 Å². The van der Waals surface area contributed by atoms with Crippen molar-refractivity contribution in [2.45, 2.75) is 18.9 Å². The number of aryl methyl sites for hydroxylation is 1. The van der Waals surface area contributed by atoms with Crippen LogP contribution in [-0.4, -0.2) is 12.1 Å². The summed E-state index contributed by atoms with van der Waals surface area (Å²) < 4.78 is 11.1. The van der Waals surface area contributed by atoms with Crippen molar-refractivity contribution in [3.05, 3.63) is 52.3 Å². The van der Waals surface area contributed by atoms with Gasteiger partial charge >= 0.3 is 0 Å². The van der Waals surface area contributed by atoms with E-state index in [2.05, 4.69) is 20.9 Å². The van der Waals surface area contributed by atoms with E-state index in [-0.39, 0.29) is 0 Å². The Kier molecular flexibility index (Phi) is 5.26. The Morgan fingerprint density at radius 3 is 2.65 bits per heavy atom. The van der Waals surface area contributed by atoms with Crippen molar-refractivity contribution in [3.8, 4) is 11.5 Å². The van der Waals surface area contributed by atoms with Crippen LogP contribution in [0.5, 0.6) is 11.5 Å². The molecule has 0 spiro atoms. The number of rotatable bonds is 5. The molecule has 1 heterocycles. The number of nitrogens with zero attached hydrogens (tertiary/aromatic N) is 1. The van der Waals surface area contributed by atoms with Crippen molar-refractivity contribution >= 4 is 27.5 Å². The number of benzene rings is 1. The van der Waals surface area contributed by atoms with E-state index in [1.54, 1.807) is 13.2 Å². The zero-order chi connectivity index (χ0) is 14.5. The molecule has 1 aromatic carbocycles. The lowest BCUT2D eigenvalue weighted by Crippen LogP contribution is -2.02. The summed E-state index contributed by atoms with van der Waals surface area (Å²) in [6.07, 6.45) is 0. The van der Waals surface area contributed by atoms with Crippen LogP contribution in [0.2, 0.25) is 5.02 Å². The van der Waals surface area contributed by atoms with E-state index in [9.17, 15) is 0 Å². The van der Waals surface area contributed by atoms with Gasteiger partial charge in [0, 0.05) is 21.6 Å². The van der Waals surface area contributed by atoms with Crippen LogP contribution in [0.15, 0.2) is 30.3 Å². The highest BCUT2D eigenvalue weighted by atomic mass is 79.9. The molecule has 0 unspecified atom stereocenters. The van der Waals surface area contributed by atoms with Crippen LogP contribution in [0.3, 0.4) is 0 Å². The van der Waals surface area contributed by atoms with Crippen LogP contribution in [0, 0.1) is 6.92 Å². The molecule has 2 aromatic rings. The first kappa shape index (κ1) is 15.1. The molecule has 0 aliphatic carbocycles. The monoisotopic (exact) mass is 355 g/mol. The molecule has 0 aliphatic heterocycles. The van der Waals surface area contributed by atoms with E-state index >= 15 is 0 Å².